The molecule has 0 amide bonds. The molecule has 2 heterocycles. The topological polar surface area (TPSA) is 73.8 Å². The summed E-state index contributed by atoms with van der Waals surface area (Å²) in [6.45, 7) is 4.90. The molecule has 3 aromatic carbocycles. The maximum absolute atomic E-state index is 13.1. The minimum atomic E-state index is -0.465. The Hall–Kier alpha value is -4.45. The first kappa shape index (κ1) is 27.7. The van der Waals surface area contributed by atoms with Crippen LogP contribution in [0.1, 0.15) is 89.5 Å². The van der Waals surface area contributed by atoms with Crippen LogP contribution in [0.15, 0.2) is 88.6 Å². The number of ketones is 1. The predicted molar refractivity (Wildman–Crippen MR) is 166 cm³/mol. The van der Waals surface area contributed by atoms with Crippen LogP contribution in [0, 0.1) is 12.8 Å². The van der Waals surface area contributed by atoms with Crippen molar-refractivity contribution in [2.45, 2.75) is 65.3 Å². The van der Waals surface area contributed by atoms with Crippen LogP contribution in [-0.4, -0.2) is 22.0 Å². The third-order valence-corrected chi connectivity index (χ3v) is 8.55. The predicted octanol–water partition coefficient (Wildman–Crippen LogP) is 8.87. The summed E-state index contributed by atoms with van der Waals surface area (Å²) in [6.07, 6.45) is 9.62. The molecule has 0 bridgehead atoms. The van der Waals surface area contributed by atoms with Crippen LogP contribution in [-0.2, 0) is 11.4 Å². The molecule has 0 atom stereocenters. The second kappa shape index (κ2) is 12.2. The van der Waals surface area contributed by atoms with Gasteiger partial charge in [0.2, 0.25) is 5.78 Å². The van der Waals surface area contributed by atoms with E-state index in [9.17, 15) is 9.59 Å². The van der Waals surface area contributed by atoms with Gasteiger partial charge in [0.05, 0.1) is 17.5 Å². The monoisotopic (exact) mass is 560 g/mol. The molecule has 0 radical (unpaired) electrons. The van der Waals surface area contributed by atoms with E-state index in [1.54, 1.807) is 24.3 Å². The summed E-state index contributed by atoms with van der Waals surface area (Å²) in [5, 5.41) is 6.47. The summed E-state index contributed by atoms with van der Waals surface area (Å²) >= 11 is 0. The van der Waals surface area contributed by atoms with Crippen LogP contribution in [0.2, 0.25) is 0 Å². The van der Waals surface area contributed by atoms with Gasteiger partial charge in [-0.25, -0.2) is 4.79 Å². The molecule has 0 saturated heterocycles. The molecule has 6 nitrogen and oxygen atoms in total. The minimum Gasteiger partial charge on any atom is -0.461 e. The van der Waals surface area contributed by atoms with E-state index in [2.05, 4.69) is 34.8 Å². The van der Waals surface area contributed by atoms with E-state index in [1.165, 1.54) is 31.9 Å². The normalized spacial score (nSPS) is 14.2. The van der Waals surface area contributed by atoms with Crippen molar-refractivity contribution in [1.29, 1.82) is 0 Å². The summed E-state index contributed by atoms with van der Waals surface area (Å²) in [7, 11) is 0. The Bertz CT molecular complexity index is 1750. The second-order valence-electron chi connectivity index (χ2n) is 11.3. The summed E-state index contributed by atoms with van der Waals surface area (Å²) < 4.78 is 7.63. The first-order chi connectivity index (χ1) is 20.5. The largest absolute Gasteiger partial charge is 0.461 e. The zero-order valence-corrected chi connectivity index (χ0v) is 24.3. The molecule has 0 spiro atoms. The number of hydrogen-bond acceptors (Lipinski definition) is 5. The van der Waals surface area contributed by atoms with Gasteiger partial charge < -0.3 is 13.8 Å². The first-order valence-corrected chi connectivity index (χ1v) is 15.0. The second-order valence-corrected chi connectivity index (χ2v) is 11.3. The van der Waals surface area contributed by atoms with Crippen LogP contribution in [0.4, 0.5) is 0 Å². The van der Waals surface area contributed by atoms with Crippen molar-refractivity contribution in [3.8, 4) is 0 Å². The standard InChI is InChI=1S/C36H36N2O4/c1-3-38-32-19-17-27(22-29(32)30-23-28(18-20-33(30)38)35(39)34-12-7-21-41-34)31(11-6-10-25-8-4-5-9-25)37-42-36(40)26-15-13-24(2)14-16-26/h7,12-23,25H,3-6,8-11H2,1-2H3/b37-31+. The van der Waals surface area contributed by atoms with E-state index in [4.69, 9.17) is 9.25 Å². The van der Waals surface area contributed by atoms with Gasteiger partial charge in [0.25, 0.3) is 0 Å². The van der Waals surface area contributed by atoms with Crippen molar-refractivity contribution in [2.75, 3.05) is 0 Å². The van der Waals surface area contributed by atoms with Crippen molar-refractivity contribution < 1.29 is 18.8 Å². The lowest BCUT2D eigenvalue weighted by Gasteiger charge is -2.11. The molecular weight excluding hydrogens is 524 g/mol. The van der Waals surface area contributed by atoms with E-state index < -0.39 is 5.97 Å². The van der Waals surface area contributed by atoms with Gasteiger partial charge in [-0.05, 0) is 87.2 Å². The van der Waals surface area contributed by atoms with E-state index in [-0.39, 0.29) is 5.78 Å². The minimum absolute atomic E-state index is 0.146. The number of aromatic nitrogens is 1. The molecule has 6 heteroatoms. The molecule has 1 aliphatic carbocycles. The molecule has 42 heavy (non-hydrogen) atoms. The van der Waals surface area contributed by atoms with E-state index in [0.29, 0.717) is 16.9 Å². The van der Waals surface area contributed by atoms with Crippen LogP contribution < -0.4 is 0 Å². The lowest BCUT2D eigenvalue weighted by Crippen LogP contribution is -2.07. The molecule has 0 N–H and O–H groups in total. The van der Waals surface area contributed by atoms with Crippen molar-refractivity contribution in [1.82, 2.24) is 4.57 Å². The summed E-state index contributed by atoms with van der Waals surface area (Å²) in [6, 6.07) is 22.8. The smallest absolute Gasteiger partial charge is 0.365 e. The maximum Gasteiger partial charge on any atom is 0.365 e. The Morgan fingerprint density at radius 1 is 0.905 bits per heavy atom. The molecular formula is C36H36N2O4. The van der Waals surface area contributed by atoms with Gasteiger partial charge in [0.15, 0.2) is 5.76 Å². The highest BCUT2D eigenvalue weighted by atomic mass is 16.7. The summed E-state index contributed by atoms with van der Waals surface area (Å²) in [5.41, 5.74) is 5.96. The fraction of sp³-hybridized carbons (Fsp3) is 0.306. The van der Waals surface area contributed by atoms with Gasteiger partial charge in [-0.2, -0.15) is 0 Å². The van der Waals surface area contributed by atoms with Crippen molar-refractivity contribution in [2.24, 2.45) is 11.1 Å². The maximum atomic E-state index is 13.1. The van der Waals surface area contributed by atoms with Crippen LogP contribution >= 0.6 is 0 Å². The van der Waals surface area contributed by atoms with E-state index in [0.717, 1.165) is 70.4 Å². The Morgan fingerprint density at radius 2 is 1.57 bits per heavy atom. The van der Waals surface area contributed by atoms with Crippen LogP contribution in [0.25, 0.3) is 21.8 Å². The number of rotatable bonds is 10. The summed E-state index contributed by atoms with van der Waals surface area (Å²) in [5.74, 6) is 0.485. The van der Waals surface area contributed by atoms with Gasteiger partial charge in [-0.3, -0.25) is 4.79 Å². The number of hydrogen-bond donors (Lipinski definition) is 0. The molecule has 0 aliphatic heterocycles. The number of carbonyl (C=O) groups excluding carboxylic acids is 2. The highest BCUT2D eigenvalue weighted by molar-refractivity contribution is 6.15. The van der Waals surface area contributed by atoms with Crippen molar-refractivity contribution in [3.63, 3.8) is 0 Å². The molecule has 5 aromatic rings. The molecule has 6 rings (SSSR count). The summed E-state index contributed by atoms with van der Waals surface area (Å²) in [4.78, 5) is 31.4. The zero-order valence-electron chi connectivity index (χ0n) is 24.3. The Labute approximate surface area is 246 Å². The quantitative estimate of drug-likeness (QED) is 0.0740. The molecule has 0 unspecified atom stereocenters. The fourth-order valence-electron chi connectivity index (χ4n) is 6.25. The first-order valence-electron chi connectivity index (χ1n) is 15.0. The Morgan fingerprint density at radius 3 is 2.24 bits per heavy atom. The van der Waals surface area contributed by atoms with Gasteiger partial charge in [0.1, 0.15) is 0 Å². The van der Waals surface area contributed by atoms with Crippen molar-refractivity contribution >= 4 is 39.3 Å². The van der Waals surface area contributed by atoms with Gasteiger partial charge in [0, 0.05) is 39.5 Å². The van der Waals surface area contributed by atoms with E-state index >= 15 is 0 Å². The zero-order chi connectivity index (χ0) is 29.1. The average molecular weight is 561 g/mol. The molecule has 2 aromatic heterocycles. The fourth-order valence-corrected chi connectivity index (χ4v) is 6.25. The van der Waals surface area contributed by atoms with Crippen molar-refractivity contribution in [3.05, 3.63) is 107 Å². The van der Waals surface area contributed by atoms with Gasteiger partial charge >= 0.3 is 5.97 Å². The van der Waals surface area contributed by atoms with Crippen LogP contribution in [0.5, 0.6) is 0 Å². The van der Waals surface area contributed by atoms with Crippen LogP contribution in [0.3, 0.4) is 0 Å². The molecule has 214 valence electrons. The SMILES string of the molecule is CCn1c2ccc(C(=O)c3ccco3)cc2c2cc(/C(CCCC3CCCC3)=N/OC(=O)c3ccc(C)cc3)ccc21. The number of carbonyl (C=O) groups is 2. The van der Waals surface area contributed by atoms with E-state index in [1.807, 2.05) is 37.3 Å². The highest BCUT2D eigenvalue weighted by Crippen LogP contribution is 2.33. The third kappa shape index (κ3) is 5.67. The Balaban J connectivity index is 1.36. The highest BCUT2D eigenvalue weighted by Gasteiger charge is 2.19. The number of oxime groups is 1. The lowest BCUT2D eigenvalue weighted by molar-refractivity contribution is 0.0515. The number of furan rings is 1. The average Bonchev–Trinajstić information content (AvgIpc) is 3.79. The van der Waals surface area contributed by atoms with Gasteiger partial charge in [-0.15, -0.1) is 0 Å². The Kier molecular flexibility index (Phi) is 8.04. The number of fused-ring (bicyclic) bond motifs is 3. The lowest BCUT2D eigenvalue weighted by atomic mass is 9.96. The molecule has 1 saturated carbocycles. The van der Waals surface area contributed by atoms with Gasteiger partial charge in [-0.1, -0.05) is 61.0 Å². The number of nitrogens with zero attached hydrogens (tertiary/aromatic N) is 2. The molecule has 1 fully saturated rings. The number of benzene rings is 3. The number of aryl methyl sites for hydroxylation is 2. The third-order valence-electron chi connectivity index (χ3n) is 8.55. The molecule has 1 aliphatic rings.